The van der Waals surface area contributed by atoms with Crippen molar-refractivity contribution in [3.8, 4) is 0 Å². The minimum absolute atomic E-state index is 0.0229. The normalized spacial score (nSPS) is 16.8. The number of nitrogens with one attached hydrogen (secondary N) is 1. The molecule has 2 aromatic rings. The largest absolute Gasteiger partial charge is 0.355 e. The van der Waals surface area contributed by atoms with E-state index in [1.807, 2.05) is 36.4 Å². The van der Waals surface area contributed by atoms with E-state index in [2.05, 4.69) is 5.32 Å². The smallest absolute Gasteiger partial charge is 0.225 e. The van der Waals surface area contributed by atoms with Crippen LogP contribution in [0, 0.1) is 5.92 Å². The van der Waals surface area contributed by atoms with Crippen molar-refractivity contribution >= 4 is 35.0 Å². The molecule has 0 unspecified atom stereocenters. The van der Waals surface area contributed by atoms with Crippen LogP contribution in [-0.2, 0) is 22.6 Å². The quantitative estimate of drug-likeness (QED) is 0.817. The van der Waals surface area contributed by atoms with Crippen molar-refractivity contribution < 1.29 is 9.59 Å². The molecule has 0 bridgehead atoms. The van der Waals surface area contributed by atoms with Crippen molar-refractivity contribution in [3.63, 3.8) is 0 Å². The fourth-order valence-corrected chi connectivity index (χ4v) is 3.60. The molecule has 1 heterocycles. The summed E-state index contributed by atoms with van der Waals surface area (Å²) in [5.74, 6) is -0.361. The lowest BCUT2D eigenvalue weighted by molar-refractivity contribution is -0.129. The first kappa shape index (κ1) is 18.7. The molecule has 136 valence electrons. The van der Waals surface area contributed by atoms with Gasteiger partial charge in [-0.15, -0.1) is 0 Å². The molecule has 1 aliphatic heterocycles. The van der Waals surface area contributed by atoms with E-state index >= 15 is 0 Å². The Morgan fingerprint density at radius 1 is 1.15 bits per heavy atom. The van der Waals surface area contributed by atoms with E-state index in [0.29, 0.717) is 36.1 Å². The molecule has 6 heteroatoms. The number of carbonyl (C=O) groups is 2. The van der Waals surface area contributed by atoms with Crippen LogP contribution >= 0.6 is 23.2 Å². The Morgan fingerprint density at radius 2 is 1.92 bits per heavy atom. The van der Waals surface area contributed by atoms with Gasteiger partial charge in [0.05, 0.1) is 5.92 Å². The molecule has 4 nitrogen and oxygen atoms in total. The third kappa shape index (κ3) is 4.77. The Morgan fingerprint density at radius 3 is 2.65 bits per heavy atom. The summed E-state index contributed by atoms with van der Waals surface area (Å²) in [6, 6.07) is 15.1. The number of nitrogens with zero attached hydrogens (tertiary/aromatic N) is 1. The highest BCUT2D eigenvalue weighted by Gasteiger charge is 2.33. The second kappa shape index (κ2) is 8.56. The first-order valence-electron chi connectivity index (χ1n) is 8.56. The van der Waals surface area contributed by atoms with Crippen molar-refractivity contribution in [2.45, 2.75) is 19.4 Å². The Kier molecular flexibility index (Phi) is 6.17. The highest BCUT2D eigenvalue weighted by Crippen LogP contribution is 2.22. The molecule has 1 aliphatic rings. The molecule has 0 radical (unpaired) electrons. The van der Waals surface area contributed by atoms with Crippen molar-refractivity contribution in [2.24, 2.45) is 5.92 Å². The third-order valence-corrected chi connectivity index (χ3v) is 5.10. The summed E-state index contributed by atoms with van der Waals surface area (Å²) in [7, 11) is 0. The van der Waals surface area contributed by atoms with E-state index in [-0.39, 0.29) is 24.2 Å². The predicted molar refractivity (Wildman–Crippen MR) is 103 cm³/mol. The number of likely N-dealkylation sites (tertiary alicyclic amines) is 1. The van der Waals surface area contributed by atoms with Crippen LogP contribution in [0.1, 0.15) is 17.5 Å². The molecular formula is C20H20Cl2N2O2. The van der Waals surface area contributed by atoms with Gasteiger partial charge in [0.25, 0.3) is 0 Å². The maximum Gasteiger partial charge on any atom is 0.225 e. The van der Waals surface area contributed by atoms with Crippen LogP contribution in [0.3, 0.4) is 0 Å². The predicted octanol–water partition coefficient (Wildman–Crippen LogP) is 3.70. The molecule has 1 fully saturated rings. The third-order valence-electron chi connectivity index (χ3n) is 4.51. The molecule has 1 atom stereocenters. The number of hydrogen-bond acceptors (Lipinski definition) is 2. The van der Waals surface area contributed by atoms with E-state index in [1.54, 1.807) is 17.0 Å². The Hall–Kier alpha value is -2.04. The van der Waals surface area contributed by atoms with Gasteiger partial charge in [-0.05, 0) is 29.7 Å². The second-order valence-corrected chi connectivity index (χ2v) is 7.28. The van der Waals surface area contributed by atoms with E-state index in [1.165, 1.54) is 0 Å². The van der Waals surface area contributed by atoms with Crippen LogP contribution in [-0.4, -0.2) is 29.8 Å². The molecule has 0 aliphatic carbocycles. The van der Waals surface area contributed by atoms with Crippen LogP contribution in [0.15, 0.2) is 48.5 Å². The van der Waals surface area contributed by atoms with Crippen molar-refractivity contribution in [1.29, 1.82) is 0 Å². The van der Waals surface area contributed by atoms with Gasteiger partial charge in [0.1, 0.15) is 0 Å². The van der Waals surface area contributed by atoms with Crippen LogP contribution in [0.4, 0.5) is 0 Å². The fraction of sp³-hybridized carbons (Fsp3) is 0.300. The summed E-state index contributed by atoms with van der Waals surface area (Å²) in [6.07, 6.45) is 0.885. The summed E-state index contributed by atoms with van der Waals surface area (Å²) in [5, 5.41) is 4.09. The lowest BCUT2D eigenvalue weighted by Crippen LogP contribution is -2.34. The van der Waals surface area contributed by atoms with E-state index in [4.69, 9.17) is 23.2 Å². The van der Waals surface area contributed by atoms with Gasteiger partial charge in [0.2, 0.25) is 11.8 Å². The summed E-state index contributed by atoms with van der Waals surface area (Å²) >= 11 is 12.0. The number of amides is 2. The van der Waals surface area contributed by atoms with Gasteiger partial charge < -0.3 is 10.2 Å². The first-order valence-corrected chi connectivity index (χ1v) is 9.32. The number of hydrogen-bond donors (Lipinski definition) is 1. The molecule has 1 N–H and O–H groups in total. The van der Waals surface area contributed by atoms with E-state index in [0.717, 1.165) is 11.1 Å². The van der Waals surface area contributed by atoms with E-state index < -0.39 is 0 Å². The monoisotopic (exact) mass is 390 g/mol. The lowest BCUT2D eigenvalue weighted by Gasteiger charge is -2.16. The standard InChI is InChI=1S/C20H20Cl2N2O2/c21-17-7-6-15(18(22)11-17)8-9-23-20(26)16-10-19(25)24(13-16)12-14-4-2-1-3-5-14/h1-7,11,16H,8-10,12-13H2,(H,23,26)/t16-/m1/s1. The Bertz CT molecular complexity index is 796. The van der Waals surface area contributed by atoms with Crippen molar-refractivity contribution in [2.75, 3.05) is 13.1 Å². The number of benzene rings is 2. The van der Waals surface area contributed by atoms with Gasteiger partial charge in [-0.2, -0.15) is 0 Å². The van der Waals surface area contributed by atoms with Gasteiger partial charge >= 0.3 is 0 Å². The molecule has 2 aromatic carbocycles. The molecule has 2 amide bonds. The van der Waals surface area contributed by atoms with Gasteiger partial charge in [0, 0.05) is 36.1 Å². The Labute approximate surface area is 163 Å². The average molecular weight is 391 g/mol. The van der Waals surface area contributed by atoms with Gasteiger partial charge in [-0.1, -0.05) is 59.6 Å². The summed E-state index contributed by atoms with van der Waals surface area (Å²) in [6.45, 7) is 1.48. The van der Waals surface area contributed by atoms with E-state index in [9.17, 15) is 9.59 Å². The zero-order chi connectivity index (χ0) is 18.5. The van der Waals surface area contributed by atoms with Gasteiger partial charge in [-0.3, -0.25) is 9.59 Å². The highest BCUT2D eigenvalue weighted by molar-refractivity contribution is 6.35. The Balaban J connectivity index is 1.48. The number of halogens is 2. The summed E-state index contributed by atoms with van der Waals surface area (Å²) in [4.78, 5) is 26.3. The number of rotatable bonds is 6. The fourth-order valence-electron chi connectivity index (χ4n) is 3.09. The highest BCUT2D eigenvalue weighted by atomic mass is 35.5. The minimum Gasteiger partial charge on any atom is -0.355 e. The summed E-state index contributed by atoms with van der Waals surface area (Å²) in [5.41, 5.74) is 2.00. The van der Waals surface area contributed by atoms with Crippen LogP contribution in [0.2, 0.25) is 10.0 Å². The second-order valence-electron chi connectivity index (χ2n) is 6.44. The van der Waals surface area contributed by atoms with Crippen LogP contribution < -0.4 is 5.32 Å². The number of carbonyl (C=O) groups excluding carboxylic acids is 2. The maximum absolute atomic E-state index is 12.4. The first-order chi connectivity index (χ1) is 12.5. The topological polar surface area (TPSA) is 49.4 Å². The zero-order valence-electron chi connectivity index (χ0n) is 14.3. The van der Waals surface area contributed by atoms with Crippen LogP contribution in [0.25, 0.3) is 0 Å². The van der Waals surface area contributed by atoms with Crippen LogP contribution in [0.5, 0.6) is 0 Å². The zero-order valence-corrected chi connectivity index (χ0v) is 15.8. The molecule has 0 spiro atoms. The maximum atomic E-state index is 12.4. The van der Waals surface area contributed by atoms with Crippen molar-refractivity contribution in [1.82, 2.24) is 10.2 Å². The average Bonchev–Trinajstić information content (AvgIpc) is 2.98. The molecule has 1 saturated heterocycles. The molecule has 0 saturated carbocycles. The molecule has 3 rings (SSSR count). The lowest BCUT2D eigenvalue weighted by atomic mass is 10.1. The molecule has 26 heavy (non-hydrogen) atoms. The van der Waals surface area contributed by atoms with Crippen molar-refractivity contribution in [3.05, 3.63) is 69.7 Å². The minimum atomic E-state index is -0.299. The van der Waals surface area contributed by atoms with Gasteiger partial charge in [-0.25, -0.2) is 0 Å². The molecule has 0 aromatic heterocycles. The van der Waals surface area contributed by atoms with Gasteiger partial charge in [0.15, 0.2) is 0 Å². The summed E-state index contributed by atoms with van der Waals surface area (Å²) < 4.78 is 0. The SMILES string of the molecule is O=C(NCCc1ccc(Cl)cc1Cl)[C@@H]1CC(=O)N(Cc2ccccc2)C1. The molecular weight excluding hydrogens is 371 g/mol.